The number of hydrogen-bond acceptors (Lipinski definition) is 7. The number of thioether (sulfide) groups is 1. The zero-order chi connectivity index (χ0) is 16.9. The Labute approximate surface area is 146 Å². The Balaban J connectivity index is 1.66. The van der Waals surface area contributed by atoms with Crippen molar-refractivity contribution in [1.29, 1.82) is 0 Å². The number of anilines is 2. The summed E-state index contributed by atoms with van der Waals surface area (Å²) < 4.78 is 0. The van der Waals surface area contributed by atoms with Gasteiger partial charge < -0.3 is 15.3 Å². The zero-order valence-corrected chi connectivity index (χ0v) is 14.9. The maximum Gasteiger partial charge on any atom is 0.223 e. The summed E-state index contributed by atoms with van der Waals surface area (Å²) in [6.45, 7) is 4.25. The van der Waals surface area contributed by atoms with Gasteiger partial charge in [-0.05, 0) is 49.3 Å². The van der Waals surface area contributed by atoms with Crippen molar-refractivity contribution in [2.75, 3.05) is 29.6 Å². The summed E-state index contributed by atoms with van der Waals surface area (Å²) in [5, 5.41) is 14.1. The predicted octanol–water partition coefficient (Wildman–Crippen LogP) is 2.48. The Hall–Kier alpha value is -1.86. The molecule has 1 unspecified atom stereocenters. The molecule has 2 aromatic rings. The molecule has 1 aliphatic rings. The van der Waals surface area contributed by atoms with E-state index in [1.807, 2.05) is 31.6 Å². The van der Waals surface area contributed by atoms with Crippen molar-refractivity contribution >= 4 is 23.5 Å². The number of nitrogens with zero attached hydrogens (tertiary/aromatic N) is 4. The lowest BCUT2D eigenvalue weighted by Gasteiger charge is -2.31. The van der Waals surface area contributed by atoms with Crippen molar-refractivity contribution in [1.82, 2.24) is 15.0 Å². The third-order valence-electron chi connectivity index (χ3n) is 4.10. The van der Waals surface area contributed by atoms with Crippen molar-refractivity contribution in [3.05, 3.63) is 35.7 Å². The minimum Gasteiger partial charge on any atom is -0.391 e. The van der Waals surface area contributed by atoms with Gasteiger partial charge in [-0.15, -0.1) is 11.8 Å². The minimum atomic E-state index is -0.256. The molecule has 0 bridgehead atoms. The molecule has 1 aliphatic heterocycles. The number of pyridine rings is 1. The molecule has 0 saturated carbocycles. The second kappa shape index (κ2) is 7.81. The number of piperidine rings is 1. The molecule has 0 aromatic carbocycles. The molecule has 2 aromatic heterocycles. The molecule has 0 amide bonds. The molecule has 1 saturated heterocycles. The van der Waals surface area contributed by atoms with Crippen LogP contribution in [0.5, 0.6) is 0 Å². The second-order valence-electron chi connectivity index (χ2n) is 6.00. The van der Waals surface area contributed by atoms with Gasteiger partial charge in [0.25, 0.3) is 0 Å². The van der Waals surface area contributed by atoms with Crippen LogP contribution in [0, 0.1) is 6.92 Å². The zero-order valence-electron chi connectivity index (χ0n) is 14.1. The molecule has 2 N–H and O–H groups in total. The van der Waals surface area contributed by atoms with Crippen LogP contribution < -0.4 is 10.2 Å². The maximum absolute atomic E-state index is 9.83. The minimum absolute atomic E-state index is 0.256. The molecule has 0 spiro atoms. The maximum atomic E-state index is 9.83. The molecule has 0 aliphatic carbocycles. The molecule has 6 nitrogen and oxygen atoms in total. The van der Waals surface area contributed by atoms with Gasteiger partial charge in [-0.25, -0.2) is 15.0 Å². The number of nitrogens with one attached hydrogen (secondary N) is 1. The summed E-state index contributed by atoms with van der Waals surface area (Å²) in [5.74, 6) is 1.55. The SMILES string of the molecule is CSc1nc(NCc2ccnc(N3CCCC(O)C3)c2)ncc1C. The number of β-amino-alcohol motifs (C(OH)–C–C–N with tert-alkyl or cyclic N) is 1. The molecule has 3 heterocycles. The normalized spacial score (nSPS) is 17.8. The van der Waals surface area contributed by atoms with Crippen LogP contribution in [0.2, 0.25) is 0 Å². The first kappa shape index (κ1) is 17.0. The lowest BCUT2D eigenvalue weighted by Crippen LogP contribution is -2.38. The van der Waals surface area contributed by atoms with Crippen LogP contribution in [0.1, 0.15) is 24.0 Å². The Bertz CT molecular complexity index is 696. The average Bonchev–Trinajstić information content (AvgIpc) is 2.61. The van der Waals surface area contributed by atoms with E-state index in [2.05, 4.69) is 31.2 Å². The quantitative estimate of drug-likeness (QED) is 0.637. The number of aryl methyl sites for hydroxylation is 1. The van der Waals surface area contributed by atoms with Crippen LogP contribution in [-0.4, -0.2) is 45.5 Å². The summed E-state index contributed by atoms with van der Waals surface area (Å²) in [7, 11) is 0. The fourth-order valence-corrected chi connectivity index (χ4v) is 3.36. The van der Waals surface area contributed by atoms with Crippen LogP contribution in [0.25, 0.3) is 0 Å². The first-order chi connectivity index (χ1) is 11.7. The van der Waals surface area contributed by atoms with Crippen LogP contribution in [0.15, 0.2) is 29.6 Å². The molecule has 7 heteroatoms. The number of aliphatic hydroxyl groups is 1. The third-order valence-corrected chi connectivity index (χ3v) is 4.90. The second-order valence-corrected chi connectivity index (χ2v) is 6.80. The average molecular weight is 345 g/mol. The lowest BCUT2D eigenvalue weighted by atomic mass is 10.1. The van der Waals surface area contributed by atoms with E-state index < -0.39 is 0 Å². The van der Waals surface area contributed by atoms with E-state index in [4.69, 9.17) is 0 Å². The van der Waals surface area contributed by atoms with E-state index in [1.165, 1.54) is 0 Å². The Morgan fingerprint density at radius 2 is 2.29 bits per heavy atom. The molecule has 128 valence electrons. The van der Waals surface area contributed by atoms with Crippen LogP contribution in [0.3, 0.4) is 0 Å². The molecule has 3 rings (SSSR count). The molecule has 1 fully saturated rings. The fraction of sp³-hybridized carbons (Fsp3) is 0.471. The largest absolute Gasteiger partial charge is 0.391 e. The van der Waals surface area contributed by atoms with E-state index in [9.17, 15) is 5.11 Å². The van der Waals surface area contributed by atoms with E-state index in [0.717, 1.165) is 41.4 Å². The number of aliphatic hydroxyl groups excluding tert-OH is 1. The van der Waals surface area contributed by atoms with E-state index in [-0.39, 0.29) is 6.10 Å². The van der Waals surface area contributed by atoms with Crippen molar-refractivity contribution in [2.24, 2.45) is 0 Å². The van der Waals surface area contributed by atoms with Gasteiger partial charge in [0.15, 0.2) is 0 Å². The number of aromatic nitrogens is 3. The van der Waals surface area contributed by atoms with E-state index in [1.54, 1.807) is 11.8 Å². The highest BCUT2D eigenvalue weighted by Crippen LogP contribution is 2.20. The highest BCUT2D eigenvalue weighted by molar-refractivity contribution is 7.98. The van der Waals surface area contributed by atoms with Crippen molar-refractivity contribution in [2.45, 2.75) is 37.4 Å². The Morgan fingerprint density at radius 3 is 3.08 bits per heavy atom. The van der Waals surface area contributed by atoms with Crippen LogP contribution in [-0.2, 0) is 6.54 Å². The standard InChI is InChI=1S/C17H23N5OS/c1-12-9-19-17(21-16(12)24-2)20-10-13-5-6-18-15(8-13)22-7-3-4-14(23)11-22/h5-6,8-9,14,23H,3-4,7,10-11H2,1-2H3,(H,19,20,21). The van der Waals surface area contributed by atoms with E-state index >= 15 is 0 Å². The summed E-state index contributed by atoms with van der Waals surface area (Å²) >= 11 is 1.62. The Kier molecular flexibility index (Phi) is 5.52. The van der Waals surface area contributed by atoms with Gasteiger partial charge in [0, 0.05) is 32.0 Å². The Morgan fingerprint density at radius 1 is 1.42 bits per heavy atom. The first-order valence-electron chi connectivity index (χ1n) is 8.15. The molecule has 24 heavy (non-hydrogen) atoms. The highest BCUT2D eigenvalue weighted by Gasteiger charge is 2.18. The summed E-state index contributed by atoms with van der Waals surface area (Å²) in [6.07, 6.45) is 7.29. The van der Waals surface area contributed by atoms with Crippen molar-refractivity contribution in [3.8, 4) is 0 Å². The lowest BCUT2D eigenvalue weighted by molar-refractivity contribution is 0.154. The van der Waals surface area contributed by atoms with Crippen molar-refractivity contribution < 1.29 is 5.11 Å². The molecule has 0 radical (unpaired) electrons. The molecule has 1 atom stereocenters. The van der Waals surface area contributed by atoms with Crippen molar-refractivity contribution in [3.63, 3.8) is 0 Å². The predicted molar refractivity (Wildman–Crippen MR) is 97.6 cm³/mol. The number of rotatable bonds is 5. The van der Waals surface area contributed by atoms with Gasteiger partial charge in [-0.1, -0.05) is 0 Å². The summed E-state index contributed by atoms with van der Waals surface area (Å²) in [5.41, 5.74) is 2.21. The monoisotopic (exact) mass is 345 g/mol. The summed E-state index contributed by atoms with van der Waals surface area (Å²) in [6, 6.07) is 4.05. The third kappa shape index (κ3) is 4.15. The number of hydrogen-bond donors (Lipinski definition) is 2. The van der Waals surface area contributed by atoms with Gasteiger partial charge in [0.1, 0.15) is 10.8 Å². The fourth-order valence-electron chi connectivity index (χ4n) is 2.81. The topological polar surface area (TPSA) is 74.2 Å². The van der Waals surface area contributed by atoms with Gasteiger partial charge in [0.05, 0.1) is 6.10 Å². The van der Waals surface area contributed by atoms with E-state index in [0.29, 0.717) is 19.0 Å². The van der Waals surface area contributed by atoms with Crippen LogP contribution in [0.4, 0.5) is 11.8 Å². The van der Waals surface area contributed by atoms with Gasteiger partial charge in [-0.2, -0.15) is 0 Å². The molecular weight excluding hydrogens is 322 g/mol. The molecular formula is C17H23N5OS. The highest BCUT2D eigenvalue weighted by atomic mass is 32.2. The smallest absolute Gasteiger partial charge is 0.223 e. The summed E-state index contributed by atoms with van der Waals surface area (Å²) in [4.78, 5) is 15.4. The van der Waals surface area contributed by atoms with Gasteiger partial charge in [-0.3, -0.25) is 0 Å². The van der Waals surface area contributed by atoms with Gasteiger partial charge >= 0.3 is 0 Å². The van der Waals surface area contributed by atoms with Crippen LogP contribution >= 0.6 is 11.8 Å². The first-order valence-corrected chi connectivity index (χ1v) is 9.37. The van der Waals surface area contributed by atoms with Gasteiger partial charge in [0.2, 0.25) is 5.95 Å².